The van der Waals surface area contributed by atoms with Crippen LogP contribution in [-0.4, -0.2) is 13.6 Å². The molecule has 0 aromatic heterocycles. The van der Waals surface area contributed by atoms with Gasteiger partial charge >= 0.3 is 0 Å². The highest BCUT2D eigenvalue weighted by atomic mass is 14.8. The SMILES string of the molecule is CNCCC[C@@](C#N)(c1ccccc1C)C(C)C. The Labute approximate surface area is 111 Å². The van der Waals surface area contributed by atoms with E-state index >= 15 is 0 Å². The van der Waals surface area contributed by atoms with Crippen LogP contribution < -0.4 is 5.32 Å². The van der Waals surface area contributed by atoms with Gasteiger partial charge in [-0.2, -0.15) is 5.26 Å². The first-order valence-electron chi connectivity index (χ1n) is 6.70. The Kier molecular flexibility index (Phi) is 5.37. The number of nitrogens with one attached hydrogen (secondary N) is 1. The lowest BCUT2D eigenvalue weighted by Crippen LogP contribution is -2.32. The number of hydrogen-bond acceptors (Lipinski definition) is 2. The van der Waals surface area contributed by atoms with E-state index in [1.807, 2.05) is 19.2 Å². The fraction of sp³-hybridized carbons (Fsp3) is 0.562. The molecule has 2 nitrogen and oxygen atoms in total. The highest BCUT2D eigenvalue weighted by molar-refractivity contribution is 5.39. The van der Waals surface area contributed by atoms with Crippen molar-refractivity contribution < 1.29 is 0 Å². The molecule has 0 saturated carbocycles. The van der Waals surface area contributed by atoms with Crippen molar-refractivity contribution in [3.05, 3.63) is 35.4 Å². The van der Waals surface area contributed by atoms with Gasteiger partial charge in [-0.3, -0.25) is 0 Å². The zero-order valence-electron chi connectivity index (χ0n) is 12.0. The Balaban J connectivity index is 3.12. The standard InChI is InChI=1S/C16H24N2/c1-13(2)16(12-17,10-7-11-18-4)15-9-6-5-8-14(15)3/h5-6,8-9,13,18H,7,10-11H2,1-4H3/t16-/m0/s1. The molecule has 1 aromatic rings. The molecule has 0 saturated heterocycles. The van der Waals surface area contributed by atoms with E-state index in [-0.39, 0.29) is 5.41 Å². The molecule has 1 rings (SSSR count). The Hall–Kier alpha value is -1.33. The van der Waals surface area contributed by atoms with E-state index < -0.39 is 0 Å². The summed E-state index contributed by atoms with van der Waals surface area (Å²) in [6.45, 7) is 7.36. The molecule has 1 N–H and O–H groups in total. The van der Waals surface area contributed by atoms with E-state index in [9.17, 15) is 5.26 Å². The fourth-order valence-electron chi connectivity index (χ4n) is 2.60. The third-order valence-electron chi connectivity index (χ3n) is 3.81. The summed E-state index contributed by atoms with van der Waals surface area (Å²) in [4.78, 5) is 0. The molecule has 1 aromatic carbocycles. The van der Waals surface area contributed by atoms with Crippen LogP contribution in [0.2, 0.25) is 0 Å². The number of hydrogen-bond donors (Lipinski definition) is 1. The highest BCUT2D eigenvalue weighted by Gasteiger charge is 2.36. The van der Waals surface area contributed by atoms with E-state index in [4.69, 9.17) is 0 Å². The van der Waals surface area contributed by atoms with Gasteiger partial charge in [-0.1, -0.05) is 38.1 Å². The van der Waals surface area contributed by atoms with Gasteiger partial charge in [-0.05, 0) is 50.4 Å². The highest BCUT2D eigenvalue weighted by Crippen LogP contribution is 2.37. The second kappa shape index (κ2) is 6.56. The predicted octanol–water partition coefficient (Wildman–Crippen LogP) is 3.41. The van der Waals surface area contributed by atoms with Crippen molar-refractivity contribution in [2.45, 2.75) is 39.0 Å². The van der Waals surface area contributed by atoms with Crippen molar-refractivity contribution in [2.75, 3.05) is 13.6 Å². The van der Waals surface area contributed by atoms with Gasteiger partial charge in [0.1, 0.15) is 0 Å². The fourth-order valence-corrected chi connectivity index (χ4v) is 2.60. The predicted molar refractivity (Wildman–Crippen MR) is 76.5 cm³/mol. The zero-order valence-corrected chi connectivity index (χ0v) is 12.0. The normalized spacial score (nSPS) is 14.2. The van der Waals surface area contributed by atoms with Crippen molar-refractivity contribution in [1.82, 2.24) is 5.32 Å². The Bertz CT molecular complexity index is 417. The van der Waals surface area contributed by atoms with Gasteiger partial charge in [-0.15, -0.1) is 0 Å². The van der Waals surface area contributed by atoms with Crippen LogP contribution in [0.3, 0.4) is 0 Å². The zero-order chi connectivity index (χ0) is 13.6. The minimum atomic E-state index is -0.359. The van der Waals surface area contributed by atoms with Crippen molar-refractivity contribution in [3.63, 3.8) is 0 Å². The first-order valence-corrected chi connectivity index (χ1v) is 6.70. The lowest BCUT2D eigenvalue weighted by Gasteiger charge is -2.32. The van der Waals surface area contributed by atoms with Gasteiger partial charge in [0.25, 0.3) is 0 Å². The van der Waals surface area contributed by atoms with E-state index in [1.165, 1.54) is 11.1 Å². The maximum absolute atomic E-state index is 9.75. The number of rotatable bonds is 6. The maximum Gasteiger partial charge on any atom is 0.0848 e. The van der Waals surface area contributed by atoms with Crippen LogP contribution in [-0.2, 0) is 5.41 Å². The molecule has 98 valence electrons. The topological polar surface area (TPSA) is 35.8 Å². The second-order valence-electron chi connectivity index (χ2n) is 5.26. The summed E-state index contributed by atoms with van der Waals surface area (Å²) >= 11 is 0. The first kappa shape index (κ1) is 14.7. The van der Waals surface area contributed by atoms with E-state index in [0.29, 0.717) is 5.92 Å². The molecule has 18 heavy (non-hydrogen) atoms. The molecule has 1 atom stereocenters. The van der Waals surface area contributed by atoms with E-state index in [2.05, 4.69) is 44.3 Å². The summed E-state index contributed by atoms with van der Waals surface area (Å²) in [5.41, 5.74) is 2.05. The molecule has 0 bridgehead atoms. The van der Waals surface area contributed by atoms with Crippen LogP contribution in [0.5, 0.6) is 0 Å². The summed E-state index contributed by atoms with van der Waals surface area (Å²) < 4.78 is 0. The summed E-state index contributed by atoms with van der Waals surface area (Å²) in [6.07, 6.45) is 1.93. The number of benzene rings is 1. The minimum Gasteiger partial charge on any atom is -0.320 e. The third-order valence-corrected chi connectivity index (χ3v) is 3.81. The molecule has 0 radical (unpaired) electrons. The number of aryl methyl sites for hydroxylation is 1. The quantitative estimate of drug-likeness (QED) is 0.778. The summed E-state index contributed by atoms with van der Waals surface area (Å²) in [5, 5.41) is 12.9. The van der Waals surface area contributed by atoms with Crippen LogP contribution in [0, 0.1) is 24.2 Å². The summed E-state index contributed by atoms with van der Waals surface area (Å²) in [5.74, 6) is 0.320. The maximum atomic E-state index is 9.75. The molecule has 0 heterocycles. The van der Waals surface area contributed by atoms with Crippen molar-refractivity contribution in [3.8, 4) is 6.07 Å². The van der Waals surface area contributed by atoms with Gasteiger partial charge in [0.05, 0.1) is 11.5 Å². The van der Waals surface area contributed by atoms with Gasteiger partial charge < -0.3 is 5.32 Å². The van der Waals surface area contributed by atoms with E-state index in [0.717, 1.165) is 19.4 Å². The Morgan fingerprint density at radius 2 is 2.00 bits per heavy atom. The first-order chi connectivity index (χ1) is 8.58. The van der Waals surface area contributed by atoms with Crippen LogP contribution in [0.25, 0.3) is 0 Å². The van der Waals surface area contributed by atoms with Gasteiger partial charge in [0.15, 0.2) is 0 Å². The molecular weight excluding hydrogens is 220 g/mol. The number of nitrogens with zero attached hydrogens (tertiary/aromatic N) is 1. The summed E-state index contributed by atoms with van der Waals surface area (Å²) in [6, 6.07) is 10.9. The lowest BCUT2D eigenvalue weighted by molar-refractivity contribution is 0.357. The average Bonchev–Trinajstić information content (AvgIpc) is 2.36. The van der Waals surface area contributed by atoms with Crippen molar-refractivity contribution >= 4 is 0 Å². The molecule has 0 unspecified atom stereocenters. The molecule has 0 aliphatic rings. The second-order valence-corrected chi connectivity index (χ2v) is 5.26. The van der Waals surface area contributed by atoms with Crippen LogP contribution in [0.15, 0.2) is 24.3 Å². The van der Waals surface area contributed by atoms with Crippen LogP contribution in [0.1, 0.15) is 37.8 Å². The molecule has 0 fully saturated rings. The summed E-state index contributed by atoms with van der Waals surface area (Å²) in [7, 11) is 1.96. The molecular formula is C16H24N2. The third kappa shape index (κ3) is 2.91. The largest absolute Gasteiger partial charge is 0.320 e. The van der Waals surface area contributed by atoms with E-state index in [1.54, 1.807) is 0 Å². The van der Waals surface area contributed by atoms with Crippen molar-refractivity contribution in [2.24, 2.45) is 5.92 Å². The Morgan fingerprint density at radius 1 is 1.33 bits per heavy atom. The monoisotopic (exact) mass is 244 g/mol. The molecule has 0 amide bonds. The van der Waals surface area contributed by atoms with Gasteiger partial charge in [0.2, 0.25) is 0 Å². The Morgan fingerprint density at radius 3 is 2.50 bits per heavy atom. The van der Waals surface area contributed by atoms with Gasteiger partial charge in [0, 0.05) is 0 Å². The molecule has 2 heteroatoms. The van der Waals surface area contributed by atoms with Crippen molar-refractivity contribution in [1.29, 1.82) is 5.26 Å². The number of nitriles is 1. The van der Waals surface area contributed by atoms with Crippen LogP contribution >= 0.6 is 0 Å². The lowest BCUT2D eigenvalue weighted by atomic mass is 9.68. The molecule has 0 aliphatic carbocycles. The van der Waals surface area contributed by atoms with Gasteiger partial charge in [-0.25, -0.2) is 0 Å². The van der Waals surface area contributed by atoms with Crippen LogP contribution in [0.4, 0.5) is 0 Å². The minimum absolute atomic E-state index is 0.320. The smallest absolute Gasteiger partial charge is 0.0848 e. The molecule has 0 aliphatic heterocycles. The average molecular weight is 244 g/mol. The molecule has 0 spiro atoms.